The van der Waals surface area contributed by atoms with Gasteiger partial charge in [-0.05, 0) is 30.4 Å². The van der Waals surface area contributed by atoms with Gasteiger partial charge in [-0.15, -0.1) is 11.3 Å². The fraction of sp³-hybridized carbons (Fsp3) is 0.0263. The molecule has 9 rings (SSSR count). The zero-order valence-electron chi connectivity index (χ0n) is 23.6. The van der Waals surface area contributed by atoms with Crippen LogP contribution in [0.25, 0.3) is 76.1 Å². The van der Waals surface area contributed by atoms with Crippen molar-refractivity contribution >= 4 is 64.7 Å². The van der Waals surface area contributed by atoms with Gasteiger partial charge in [-0.3, -0.25) is 4.57 Å². The van der Waals surface area contributed by atoms with E-state index in [0.29, 0.717) is 24.0 Å². The highest BCUT2D eigenvalue weighted by Gasteiger charge is 2.21. The molecule has 5 aromatic carbocycles. The fourth-order valence-electron chi connectivity index (χ4n) is 6.24. The van der Waals surface area contributed by atoms with Crippen molar-refractivity contribution in [2.75, 3.05) is 6.54 Å². The molecule has 0 radical (unpaired) electrons. The first kappa shape index (κ1) is 25.0. The van der Waals surface area contributed by atoms with Crippen LogP contribution in [-0.2, 0) is 0 Å². The standard InChI is InChI=1S/C38H25N5S/c1-3-11-24(12-4-1)36-40-37(25-13-5-2-6-14-25)42-38(41-36)26-19-22-33(39-23-26)43-30-17-9-7-16-29(30)34-31(43)21-20-28-27-15-8-10-18-32(27)44-35(28)34/h1-22,39H,23H2. The number of rotatable bonds is 4. The monoisotopic (exact) mass is 583 g/mol. The van der Waals surface area contributed by atoms with Crippen LogP contribution >= 0.6 is 11.3 Å². The van der Waals surface area contributed by atoms with Gasteiger partial charge in [0, 0.05) is 54.2 Å². The molecule has 4 heterocycles. The lowest BCUT2D eigenvalue weighted by Crippen LogP contribution is -2.23. The number of allylic oxidation sites excluding steroid dienone is 2. The van der Waals surface area contributed by atoms with E-state index >= 15 is 0 Å². The first-order chi connectivity index (χ1) is 21.8. The molecule has 0 bridgehead atoms. The zero-order valence-corrected chi connectivity index (χ0v) is 24.4. The average Bonchev–Trinajstić information content (AvgIpc) is 3.65. The number of fused-ring (bicyclic) bond motifs is 7. The molecule has 5 nitrogen and oxygen atoms in total. The summed E-state index contributed by atoms with van der Waals surface area (Å²) in [5, 5.41) is 8.89. The summed E-state index contributed by atoms with van der Waals surface area (Å²) >= 11 is 1.88. The molecule has 0 spiro atoms. The zero-order chi connectivity index (χ0) is 29.0. The molecule has 1 aliphatic rings. The Bertz CT molecular complexity index is 2380. The molecular weight excluding hydrogens is 559 g/mol. The number of para-hydroxylation sites is 1. The van der Waals surface area contributed by atoms with Crippen molar-refractivity contribution in [2.24, 2.45) is 0 Å². The van der Waals surface area contributed by atoms with Crippen LogP contribution in [0.2, 0.25) is 0 Å². The molecule has 3 aromatic heterocycles. The number of nitrogens with zero attached hydrogens (tertiary/aromatic N) is 4. The summed E-state index contributed by atoms with van der Waals surface area (Å²) in [5.74, 6) is 3.04. The molecule has 0 aliphatic carbocycles. The van der Waals surface area contributed by atoms with Crippen molar-refractivity contribution in [1.82, 2.24) is 24.8 Å². The number of thiophene rings is 1. The lowest BCUT2D eigenvalue weighted by atomic mass is 10.1. The minimum absolute atomic E-state index is 0.595. The Kier molecular flexibility index (Phi) is 5.67. The van der Waals surface area contributed by atoms with Gasteiger partial charge in [0.15, 0.2) is 17.5 Å². The fourth-order valence-corrected chi connectivity index (χ4v) is 7.50. The molecule has 8 aromatic rings. The van der Waals surface area contributed by atoms with Gasteiger partial charge in [0.2, 0.25) is 0 Å². The maximum Gasteiger partial charge on any atom is 0.164 e. The van der Waals surface area contributed by atoms with Gasteiger partial charge in [-0.25, -0.2) is 15.0 Å². The van der Waals surface area contributed by atoms with Crippen LogP contribution in [0.3, 0.4) is 0 Å². The molecule has 208 valence electrons. The summed E-state index contributed by atoms with van der Waals surface area (Å²) < 4.78 is 5.00. The van der Waals surface area contributed by atoms with Gasteiger partial charge in [0.25, 0.3) is 0 Å². The summed E-state index contributed by atoms with van der Waals surface area (Å²) in [6.07, 6.45) is 4.29. The minimum Gasteiger partial charge on any atom is -0.367 e. The summed E-state index contributed by atoms with van der Waals surface area (Å²) in [5.41, 5.74) is 5.32. The smallest absolute Gasteiger partial charge is 0.164 e. The van der Waals surface area contributed by atoms with Crippen molar-refractivity contribution in [3.05, 3.63) is 139 Å². The van der Waals surface area contributed by atoms with Gasteiger partial charge >= 0.3 is 0 Å². The van der Waals surface area contributed by atoms with Crippen LogP contribution in [0.15, 0.2) is 133 Å². The molecule has 44 heavy (non-hydrogen) atoms. The molecule has 0 unspecified atom stereocenters. The second-order valence-corrected chi connectivity index (χ2v) is 12.0. The van der Waals surface area contributed by atoms with Crippen molar-refractivity contribution in [1.29, 1.82) is 0 Å². The van der Waals surface area contributed by atoms with E-state index in [1.807, 2.05) is 72.0 Å². The van der Waals surface area contributed by atoms with E-state index in [9.17, 15) is 0 Å². The SMILES string of the molecule is C1=C(c2nc(-c3ccccc3)nc(-c3ccccc3)n2)CNC(n2c3ccccc3c3c4sc5ccccc5c4ccc32)=C1. The Balaban J connectivity index is 1.20. The van der Waals surface area contributed by atoms with E-state index in [4.69, 9.17) is 15.0 Å². The van der Waals surface area contributed by atoms with Gasteiger partial charge < -0.3 is 5.32 Å². The number of aromatic nitrogens is 4. The van der Waals surface area contributed by atoms with Gasteiger partial charge in [-0.1, -0.05) is 103 Å². The van der Waals surface area contributed by atoms with Gasteiger partial charge in [0.1, 0.15) is 5.82 Å². The summed E-state index contributed by atoms with van der Waals surface area (Å²) in [4.78, 5) is 14.7. The molecule has 0 saturated heterocycles. The van der Waals surface area contributed by atoms with E-state index in [1.54, 1.807) is 0 Å². The Morgan fingerprint density at radius 1 is 0.545 bits per heavy atom. The topological polar surface area (TPSA) is 55.6 Å². The number of dihydropyridines is 1. The molecule has 1 aliphatic heterocycles. The normalized spacial score (nSPS) is 13.4. The lowest BCUT2D eigenvalue weighted by Gasteiger charge is -2.20. The second kappa shape index (κ2) is 10.0. The van der Waals surface area contributed by atoms with Crippen molar-refractivity contribution in [3.63, 3.8) is 0 Å². The Labute approximate surface area is 257 Å². The maximum atomic E-state index is 4.93. The first-order valence-electron chi connectivity index (χ1n) is 14.7. The van der Waals surface area contributed by atoms with E-state index in [-0.39, 0.29) is 0 Å². The van der Waals surface area contributed by atoms with Crippen molar-refractivity contribution in [3.8, 4) is 22.8 Å². The summed E-state index contributed by atoms with van der Waals surface area (Å²) in [7, 11) is 0. The van der Waals surface area contributed by atoms with Crippen molar-refractivity contribution in [2.45, 2.75) is 0 Å². The van der Waals surface area contributed by atoms with Crippen LogP contribution in [0.4, 0.5) is 0 Å². The summed E-state index contributed by atoms with van der Waals surface area (Å²) in [6, 6.07) is 42.1. The first-order valence-corrected chi connectivity index (χ1v) is 15.5. The highest BCUT2D eigenvalue weighted by Crippen LogP contribution is 2.43. The average molecular weight is 584 g/mol. The number of nitrogens with one attached hydrogen (secondary N) is 1. The van der Waals surface area contributed by atoms with Crippen LogP contribution in [0, 0.1) is 0 Å². The number of hydrogen-bond acceptors (Lipinski definition) is 5. The van der Waals surface area contributed by atoms with E-state index in [0.717, 1.165) is 22.5 Å². The number of hydrogen-bond donors (Lipinski definition) is 1. The molecule has 0 atom stereocenters. The van der Waals surface area contributed by atoms with Gasteiger partial charge in [-0.2, -0.15) is 0 Å². The minimum atomic E-state index is 0.595. The molecule has 0 saturated carbocycles. The van der Waals surface area contributed by atoms with Gasteiger partial charge in [0.05, 0.1) is 11.0 Å². The van der Waals surface area contributed by atoms with E-state index < -0.39 is 0 Å². The summed E-state index contributed by atoms with van der Waals surface area (Å²) in [6.45, 7) is 0.595. The maximum absolute atomic E-state index is 4.93. The molecular formula is C38H25N5S. The van der Waals surface area contributed by atoms with Crippen LogP contribution in [-0.4, -0.2) is 26.1 Å². The highest BCUT2D eigenvalue weighted by molar-refractivity contribution is 7.26. The predicted octanol–water partition coefficient (Wildman–Crippen LogP) is 9.17. The Morgan fingerprint density at radius 2 is 1.18 bits per heavy atom. The molecule has 1 N–H and O–H groups in total. The largest absolute Gasteiger partial charge is 0.367 e. The van der Waals surface area contributed by atoms with E-state index in [2.05, 4.69) is 82.7 Å². The Hall–Kier alpha value is -5.59. The molecule has 0 fully saturated rings. The van der Waals surface area contributed by atoms with Crippen molar-refractivity contribution < 1.29 is 0 Å². The molecule has 0 amide bonds. The molecule has 6 heteroatoms. The predicted molar refractivity (Wildman–Crippen MR) is 183 cm³/mol. The number of benzene rings is 5. The second-order valence-electron chi connectivity index (χ2n) is 10.9. The quantitative estimate of drug-likeness (QED) is 0.224. The Morgan fingerprint density at radius 3 is 1.89 bits per heavy atom. The van der Waals surface area contributed by atoms with Crippen LogP contribution < -0.4 is 5.32 Å². The van der Waals surface area contributed by atoms with Crippen LogP contribution in [0.1, 0.15) is 5.82 Å². The third-order valence-corrected chi connectivity index (χ3v) is 9.51. The highest BCUT2D eigenvalue weighted by atomic mass is 32.1. The lowest BCUT2D eigenvalue weighted by molar-refractivity contribution is 0.914. The van der Waals surface area contributed by atoms with E-state index in [1.165, 1.54) is 42.0 Å². The third-order valence-electron chi connectivity index (χ3n) is 8.31. The third kappa shape index (κ3) is 3.96. The van der Waals surface area contributed by atoms with Crippen LogP contribution in [0.5, 0.6) is 0 Å².